The molecule has 2 saturated carbocycles. The monoisotopic (exact) mass is 260 g/mol. The van der Waals surface area contributed by atoms with Crippen molar-refractivity contribution in [2.75, 3.05) is 0 Å². The van der Waals surface area contributed by atoms with Crippen LogP contribution in [-0.2, 0) is 0 Å². The fourth-order valence-corrected chi connectivity index (χ4v) is 6.29. The van der Waals surface area contributed by atoms with Crippen LogP contribution in [0, 0.1) is 0 Å². The molecule has 2 aliphatic rings. The van der Waals surface area contributed by atoms with Gasteiger partial charge in [0.15, 0.2) is 0 Å². The smallest absolute Gasteiger partial charge is 0.0302 e. The van der Waals surface area contributed by atoms with Gasteiger partial charge in [0.1, 0.15) is 0 Å². The Morgan fingerprint density at radius 2 is 1.00 bits per heavy atom. The van der Waals surface area contributed by atoms with E-state index in [4.69, 9.17) is 11.5 Å². The first-order chi connectivity index (χ1) is 7.77. The fourth-order valence-electron chi connectivity index (χ4n) is 2.63. The zero-order valence-electron chi connectivity index (χ0n) is 9.94. The van der Waals surface area contributed by atoms with Gasteiger partial charge in [-0.15, -0.1) is 0 Å². The van der Waals surface area contributed by atoms with E-state index < -0.39 is 0 Å². The third kappa shape index (κ3) is 3.56. The first kappa shape index (κ1) is 13.1. The van der Waals surface area contributed by atoms with Crippen molar-refractivity contribution in [3.05, 3.63) is 0 Å². The highest BCUT2D eigenvalue weighted by Gasteiger charge is 2.27. The Bertz CT molecular complexity index is 191. The Balaban J connectivity index is 1.72. The lowest BCUT2D eigenvalue weighted by molar-refractivity contribution is 0.452. The molecule has 0 aromatic heterocycles. The van der Waals surface area contributed by atoms with Crippen LogP contribution in [0.25, 0.3) is 0 Å². The average Bonchev–Trinajstić information content (AvgIpc) is 2.30. The van der Waals surface area contributed by atoms with Gasteiger partial charge in [-0.05, 0) is 25.7 Å². The minimum atomic E-state index is 0.422. The molecule has 0 bridgehead atoms. The molecule has 4 atom stereocenters. The van der Waals surface area contributed by atoms with Crippen molar-refractivity contribution in [1.82, 2.24) is 0 Å². The van der Waals surface area contributed by atoms with E-state index in [9.17, 15) is 0 Å². The van der Waals surface area contributed by atoms with Gasteiger partial charge in [0.05, 0.1) is 0 Å². The lowest BCUT2D eigenvalue weighted by Crippen LogP contribution is -2.37. The number of hydrogen-bond acceptors (Lipinski definition) is 4. The first-order valence-corrected chi connectivity index (χ1v) is 8.88. The van der Waals surface area contributed by atoms with Crippen molar-refractivity contribution < 1.29 is 0 Å². The molecule has 0 aromatic carbocycles. The number of rotatable bonds is 3. The molecule has 0 aromatic rings. The molecule has 0 amide bonds. The summed E-state index contributed by atoms with van der Waals surface area (Å²) in [5.41, 5.74) is 12.3. The van der Waals surface area contributed by atoms with Gasteiger partial charge in [-0.2, -0.15) is 0 Å². The van der Waals surface area contributed by atoms with Gasteiger partial charge in [-0.25, -0.2) is 0 Å². The van der Waals surface area contributed by atoms with Crippen molar-refractivity contribution in [2.24, 2.45) is 11.5 Å². The maximum atomic E-state index is 6.16. The largest absolute Gasteiger partial charge is 0.327 e. The summed E-state index contributed by atoms with van der Waals surface area (Å²) in [7, 11) is 4.05. The van der Waals surface area contributed by atoms with E-state index in [0.717, 1.165) is 0 Å². The van der Waals surface area contributed by atoms with Gasteiger partial charge in [0.25, 0.3) is 0 Å². The van der Waals surface area contributed by atoms with Crippen LogP contribution in [0.3, 0.4) is 0 Å². The summed E-state index contributed by atoms with van der Waals surface area (Å²) in [5, 5.41) is 1.35. The van der Waals surface area contributed by atoms with Crippen LogP contribution in [0.15, 0.2) is 0 Å². The second-order valence-electron chi connectivity index (χ2n) is 5.17. The van der Waals surface area contributed by atoms with Gasteiger partial charge in [-0.1, -0.05) is 47.3 Å². The summed E-state index contributed by atoms with van der Waals surface area (Å²) in [6.45, 7) is 0. The molecular formula is C12H24N2S2. The van der Waals surface area contributed by atoms with Crippen molar-refractivity contribution in [3.63, 3.8) is 0 Å². The van der Waals surface area contributed by atoms with Gasteiger partial charge in [0.2, 0.25) is 0 Å². The molecule has 0 saturated heterocycles. The molecule has 0 heterocycles. The molecule has 2 rings (SSSR count). The summed E-state index contributed by atoms with van der Waals surface area (Å²) in [5.74, 6) is 0. The van der Waals surface area contributed by atoms with Crippen LogP contribution < -0.4 is 11.5 Å². The van der Waals surface area contributed by atoms with E-state index in [0.29, 0.717) is 22.6 Å². The highest BCUT2D eigenvalue weighted by Crippen LogP contribution is 2.41. The van der Waals surface area contributed by atoms with Crippen LogP contribution >= 0.6 is 21.6 Å². The van der Waals surface area contributed by atoms with Crippen LogP contribution in [0.2, 0.25) is 0 Å². The molecule has 2 fully saturated rings. The Morgan fingerprint density at radius 1 is 0.625 bits per heavy atom. The molecule has 0 spiro atoms. The van der Waals surface area contributed by atoms with E-state index >= 15 is 0 Å². The van der Waals surface area contributed by atoms with Crippen molar-refractivity contribution in [1.29, 1.82) is 0 Å². The summed E-state index contributed by atoms with van der Waals surface area (Å²) in [6.07, 6.45) is 10.4. The molecule has 4 N–H and O–H groups in total. The molecule has 0 aliphatic heterocycles. The highest BCUT2D eigenvalue weighted by molar-refractivity contribution is 8.77. The van der Waals surface area contributed by atoms with E-state index in [1.54, 1.807) is 0 Å². The minimum absolute atomic E-state index is 0.422. The van der Waals surface area contributed by atoms with Gasteiger partial charge >= 0.3 is 0 Å². The molecule has 2 nitrogen and oxygen atoms in total. The minimum Gasteiger partial charge on any atom is -0.327 e. The molecule has 4 heteroatoms. The van der Waals surface area contributed by atoms with E-state index in [2.05, 4.69) is 0 Å². The standard InChI is InChI=1S/C12H24N2S2/c13-9-5-1-3-7-11(9)15-16-12-8-4-2-6-10(12)14/h9-12H,1-8,13-14H2. The second kappa shape index (κ2) is 6.53. The zero-order valence-corrected chi connectivity index (χ0v) is 11.6. The number of hydrogen-bond donors (Lipinski definition) is 2. The van der Waals surface area contributed by atoms with Crippen LogP contribution in [0.5, 0.6) is 0 Å². The lowest BCUT2D eigenvalue weighted by atomic mass is 9.96. The topological polar surface area (TPSA) is 52.0 Å². The van der Waals surface area contributed by atoms with Crippen LogP contribution in [0.1, 0.15) is 51.4 Å². The number of nitrogens with two attached hydrogens (primary N) is 2. The van der Waals surface area contributed by atoms with Crippen molar-refractivity contribution >= 4 is 21.6 Å². The van der Waals surface area contributed by atoms with E-state index in [-0.39, 0.29) is 0 Å². The third-order valence-electron chi connectivity index (χ3n) is 3.81. The van der Waals surface area contributed by atoms with Gasteiger partial charge in [0, 0.05) is 22.6 Å². The summed E-state index contributed by atoms with van der Waals surface area (Å²) in [6, 6.07) is 0.845. The molecular weight excluding hydrogens is 236 g/mol. The van der Waals surface area contributed by atoms with Crippen molar-refractivity contribution in [3.8, 4) is 0 Å². The maximum Gasteiger partial charge on any atom is 0.0302 e. The SMILES string of the molecule is NC1CCCCC1SSC1CCCCC1N. The Labute approximate surface area is 107 Å². The van der Waals surface area contributed by atoms with Gasteiger partial charge < -0.3 is 11.5 Å². The Hall–Kier alpha value is 0.620. The molecule has 4 unspecified atom stereocenters. The third-order valence-corrected chi connectivity index (χ3v) is 7.40. The first-order valence-electron chi connectivity index (χ1n) is 6.60. The highest BCUT2D eigenvalue weighted by atomic mass is 33.1. The predicted octanol–water partition coefficient (Wildman–Crippen LogP) is 2.91. The second-order valence-corrected chi connectivity index (χ2v) is 7.92. The summed E-state index contributed by atoms with van der Waals surface area (Å²) in [4.78, 5) is 0. The van der Waals surface area contributed by atoms with Crippen LogP contribution in [0.4, 0.5) is 0 Å². The molecule has 0 radical (unpaired) electrons. The average molecular weight is 260 g/mol. The predicted molar refractivity (Wildman–Crippen MR) is 75.6 cm³/mol. The summed E-state index contributed by atoms with van der Waals surface area (Å²) < 4.78 is 0. The van der Waals surface area contributed by atoms with Crippen molar-refractivity contribution in [2.45, 2.75) is 74.0 Å². The fraction of sp³-hybridized carbons (Fsp3) is 1.00. The van der Waals surface area contributed by atoms with Gasteiger partial charge in [-0.3, -0.25) is 0 Å². The lowest BCUT2D eigenvalue weighted by Gasteiger charge is -2.32. The van der Waals surface area contributed by atoms with E-state index in [1.807, 2.05) is 21.6 Å². The summed E-state index contributed by atoms with van der Waals surface area (Å²) >= 11 is 0. The maximum absolute atomic E-state index is 6.16. The molecule has 94 valence electrons. The van der Waals surface area contributed by atoms with E-state index in [1.165, 1.54) is 51.4 Å². The quantitative estimate of drug-likeness (QED) is 0.766. The Kier molecular flexibility index (Phi) is 5.33. The molecule has 2 aliphatic carbocycles. The zero-order chi connectivity index (χ0) is 11.4. The normalized spacial score (nSPS) is 40.9. The molecule has 16 heavy (non-hydrogen) atoms. The Morgan fingerprint density at radius 3 is 1.38 bits per heavy atom. The van der Waals surface area contributed by atoms with Crippen LogP contribution in [-0.4, -0.2) is 22.6 Å².